The lowest BCUT2D eigenvalue weighted by atomic mass is 9.84. The molecule has 0 aliphatic rings. The summed E-state index contributed by atoms with van der Waals surface area (Å²) in [6, 6.07) is 0.600. The summed E-state index contributed by atoms with van der Waals surface area (Å²) < 4.78 is 5.15. The third-order valence-corrected chi connectivity index (χ3v) is 3.43. The molecule has 104 valence electrons. The summed E-state index contributed by atoms with van der Waals surface area (Å²) in [6.45, 7) is 12.9. The third-order valence-electron chi connectivity index (χ3n) is 3.43. The van der Waals surface area contributed by atoms with Crippen molar-refractivity contribution in [2.45, 2.75) is 53.0 Å². The topological polar surface area (TPSA) is 38.5 Å². The van der Waals surface area contributed by atoms with E-state index >= 15 is 0 Å². The van der Waals surface area contributed by atoms with Gasteiger partial charge < -0.3 is 10.5 Å². The summed E-state index contributed by atoms with van der Waals surface area (Å²) in [4.78, 5) is 2.49. The highest BCUT2D eigenvalue weighted by molar-refractivity contribution is 4.71. The Morgan fingerprint density at radius 2 is 1.82 bits per heavy atom. The number of nitrogens with zero attached hydrogens (tertiary/aromatic N) is 1. The van der Waals surface area contributed by atoms with Gasteiger partial charge in [-0.1, -0.05) is 13.8 Å². The number of ether oxygens (including phenoxy) is 1. The van der Waals surface area contributed by atoms with E-state index < -0.39 is 0 Å². The standard InChI is InChI=1S/C14H32N2O/c1-13(2)16(11-12-17-5)10-6-7-14(3,4)8-9-15/h13H,6-12,15H2,1-5H3. The second-order valence-corrected chi connectivity index (χ2v) is 5.93. The summed E-state index contributed by atoms with van der Waals surface area (Å²) in [7, 11) is 1.77. The summed E-state index contributed by atoms with van der Waals surface area (Å²) in [6.07, 6.45) is 3.61. The van der Waals surface area contributed by atoms with Crippen molar-refractivity contribution in [3.63, 3.8) is 0 Å². The third kappa shape index (κ3) is 8.58. The molecule has 3 nitrogen and oxygen atoms in total. The molecule has 0 saturated carbocycles. The van der Waals surface area contributed by atoms with Crippen LogP contribution in [0, 0.1) is 5.41 Å². The van der Waals surface area contributed by atoms with Gasteiger partial charge in [0.05, 0.1) is 6.61 Å². The Balaban J connectivity index is 3.88. The van der Waals surface area contributed by atoms with Gasteiger partial charge in [-0.15, -0.1) is 0 Å². The van der Waals surface area contributed by atoms with Crippen molar-refractivity contribution in [3.8, 4) is 0 Å². The first-order chi connectivity index (χ1) is 7.93. The molecule has 0 aliphatic carbocycles. The van der Waals surface area contributed by atoms with Gasteiger partial charge in [0.25, 0.3) is 0 Å². The summed E-state index contributed by atoms with van der Waals surface area (Å²) in [5, 5.41) is 0. The van der Waals surface area contributed by atoms with E-state index in [1.54, 1.807) is 7.11 Å². The molecule has 0 unspecified atom stereocenters. The van der Waals surface area contributed by atoms with Crippen molar-refractivity contribution in [2.75, 3.05) is 33.4 Å². The molecule has 0 fully saturated rings. The molecular weight excluding hydrogens is 212 g/mol. The van der Waals surface area contributed by atoms with Crippen LogP contribution >= 0.6 is 0 Å². The van der Waals surface area contributed by atoms with Crippen molar-refractivity contribution in [3.05, 3.63) is 0 Å². The molecule has 0 saturated heterocycles. The zero-order chi connectivity index (χ0) is 13.3. The summed E-state index contributed by atoms with van der Waals surface area (Å²) >= 11 is 0. The van der Waals surface area contributed by atoms with Crippen LogP contribution < -0.4 is 5.73 Å². The Hall–Kier alpha value is -0.120. The molecule has 0 bridgehead atoms. The van der Waals surface area contributed by atoms with E-state index in [9.17, 15) is 0 Å². The Bertz CT molecular complexity index is 181. The number of methoxy groups -OCH3 is 1. The van der Waals surface area contributed by atoms with Gasteiger partial charge in [0.2, 0.25) is 0 Å². The monoisotopic (exact) mass is 244 g/mol. The Labute approximate surface area is 108 Å². The second kappa shape index (κ2) is 8.90. The fourth-order valence-corrected chi connectivity index (χ4v) is 2.11. The molecule has 17 heavy (non-hydrogen) atoms. The maximum absolute atomic E-state index is 5.63. The second-order valence-electron chi connectivity index (χ2n) is 5.93. The molecular formula is C14H32N2O. The highest BCUT2D eigenvalue weighted by Gasteiger charge is 2.17. The molecule has 0 rings (SSSR count). The van der Waals surface area contributed by atoms with Crippen LogP contribution in [0.2, 0.25) is 0 Å². The average Bonchev–Trinajstić information content (AvgIpc) is 2.22. The van der Waals surface area contributed by atoms with Gasteiger partial charge in [-0.05, 0) is 51.6 Å². The van der Waals surface area contributed by atoms with Gasteiger partial charge in [-0.2, -0.15) is 0 Å². The maximum Gasteiger partial charge on any atom is 0.0589 e. The Kier molecular flexibility index (Phi) is 8.83. The van der Waals surface area contributed by atoms with Gasteiger partial charge in [0.15, 0.2) is 0 Å². The zero-order valence-corrected chi connectivity index (χ0v) is 12.5. The normalized spacial score (nSPS) is 12.7. The lowest BCUT2D eigenvalue weighted by molar-refractivity contribution is 0.124. The summed E-state index contributed by atoms with van der Waals surface area (Å²) in [5.41, 5.74) is 6.02. The first-order valence-corrected chi connectivity index (χ1v) is 6.86. The van der Waals surface area contributed by atoms with Crippen molar-refractivity contribution >= 4 is 0 Å². The fourth-order valence-electron chi connectivity index (χ4n) is 2.11. The first-order valence-electron chi connectivity index (χ1n) is 6.86. The minimum atomic E-state index is 0.388. The quantitative estimate of drug-likeness (QED) is 0.642. The molecule has 0 aromatic heterocycles. The van der Waals surface area contributed by atoms with Crippen molar-refractivity contribution in [1.82, 2.24) is 4.90 Å². The molecule has 0 aliphatic heterocycles. The molecule has 0 aromatic rings. The van der Waals surface area contributed by atoms with Crippen LogP contribution in [0.15, 0.2) is 0 Å². The summed E-state index contributed by atoms with van der Waals surface area (Å²) in [5.74, 6) is 0. The number of rotatable bonds is 10. The fraction of sp³-hybridized carbons (Fsp3) is 1.00. The molecule has 0 atom stereocenters. The van der Waals surface area contributed by atoms with Crippen LogP contribution in [0.25, 0.3) is 0 Å². The highest BCUT2D eigenvalue weighted by atomic mass is 16.5. The van der Waals surface area contributed by atoms with Crippen LogP contribution in [0.5, 0.6) is 0 Å². The van der Waals surface area contributed by atoms with Crippen LogP contribution in [-0.4, -0.2) is 44.3 Å². The number of hydrogen-bond acceptors (Lipinski definition) is 3. The maximum atomic E-state index is 5.63. The van der Waals surface area contributed by atoms with Crippen molar-refractivity contribution in [2.24, 2.45) is 11.1 Å². The first kappa shape index (κ1) is 16.9. The van der Waals surface area contributed by atoms with Crippen molar-refractivity contribution < 1.29 is 4.74 Å². The lowest BCUT2D eigenvalue weighted by Gasteiger charge is -2.29. The predicted octanol–water partition coefficient (Wildman–Crippen LogP) is 2.50. The molecule has 3 heteroatoms. The van der Waals surface area contributed by atoms with Crippen LogP contribution in [-0.2, 0) is 4.74 Å². The van der Waals surface area contributed by atoms with Crippen molar-refractivity contribution in [1.29, 1.82) is 0 Å². The van der Waals surface area contributed by atoms with Gasteiger partial charge in [0, 0.05) is 19.7 Å². The molecule has 2 N–H and O–H groups in total. The largest absolute Gasteiger partial charge is 0.383 e. The molecule has 0 amide bonds. The van der Waals surface area contributed by atoms with Crippen LogP contribution in [0.4, 0.5) is 0 Å². The zero-order valence-electron chi connectivity index (χ0n) is 12.5. The van der Waals surface area contributed by atoms with Gasteiger partial charge in [0.1, 0.15) is 0 Å². The SMILES string of the molecule is COCCN(CCCC(C)(C)CCN)C(C)C. The number of nitrogens with two attached hydrogens (primary N) is 1. The van der Waals surface area contributed by atoms with Gasteiger partial charge in [-0.25, -0.2) is 0 Å². The number of hydrogen-bond donors (Lipinski definition) is 1. The smallest absolute Gasteiger partial charge is 0.0589 e. The van der Waals surface area contributed by atoms with E-state index in [0.29, 0.717) is 11.5 Å². The average molecular weight is 244 g/mol. The Morgan fingerprint density at radius 1 is 1.18 bits per heavy atom. The van der Waals surface area contributed by atoms with E-state index in [1.807, 2.05) is 0 Å². The van der Waals surface area contributed by atoms with E-state index in [4.69, 9.17) is 10.5 Å². The van der Waals surface area contributed by atoms with Crippen LogP contribution in [0.3, 0.4) is 0 Å². The minimum Gasteiger partial charge on any atom is -0.383 e. The molecule has 0 aromatic carbocycles. The molecule has 0 heterocycles. The Morgan fingerprint density at radius 3 is 2.29 bits per heavy atom. The lowest BCUT2D eigenvalue weighted by Crippen LogP contribution is -2.35. The minimum absolute atomic E-state index is 0.388. The van der Waals surface area contributed by atoms with E-state index in [1.165, 1.54) is 12.8 Å². The van der Waals surface area contributed by atoms with Gasteiger partial charge >= 0.3 is 0 Å². The molecule has 0 spiro atoms. The van der Waals surface area contributed by atoms with E-state index in [-0.39, 0.29) is 0 Å². The van der Waals surface area contributed by atoms with Crippen LogP contribution in [0.1, 0.15) is 47.0 Å². The predicted molar refractivity (Wildman–Crippen MR) is 75.3 cm³/mol. The highest BCUT2D eigenvalue weighted by Crippen LogP contribution is 2.26. The van der Waals surface area contributed by atoms with E-state index in [0.717, 1.165) is 32.7 Å². The molecule has 0 radical (unpaired) electrons. The van der Waals surface area contributed by atoms with E-state index in [2.05, 4.69) is 32.6 Å². The van der Waals surface area contributed by atoms with Gasteiger partial charge in [-0.3, -0.25) is 4.90 Å².